The van der Waals surface area contributed by atoms with Gasteiger partial charge in [0.05, 0.1) is 17.7 Å². The molecule has 2 aromatic rings. The van der Waals surface area contributed by atoms with Gasteiger partial charge >= 0.3 is 0 Å². The predicted octanol–water partition coefficient (Wildman–Crippen LogP) is 3.76. The molecule has 0 aromatic heterocycles. The second-order valence-electron chi connectivity index (χ2n) is 7.83. The SMILES string of the molecule is CC(CC(=O)Nc1ccccc1C#N)=NNC(=O)COc1ccc(C(C)(C)C)cc1. The van der Waals surface area contributed by atoms with E-state index in [1.54, 1.807) is 31.2 Å². The van der Waals surface area contributed by atoms with Gasteiger partial charge in [-0.2, -0.15) is 10.4 Å². The van der Waals surface area contributed by atoms with Crippen molar-refractivity contribution in [3.05, 3.63) is 59.7 Å². The number of hydrogen-bond donors (Lipinski definition) is 2. The van der Waals surface area contributed by atoms with Gasteiger partial charge < -0.3 is 10.1 Å². The van der Waals surface area contributed by atoms with Gasteiger partial charge in [-0.1, -0.05) is 45.0 Å². The normalized spacial score (nSPS) is 11.4. The summed E-state index contributed by atoms with van der Waals surface area (Å²) in [5.41, 5.74) is 4.83. The molecule has 0 fully saturated rings. The molecular formula is C23H26N4O3. The average molecular weight is 406 g/mol. The van der Waals surface area contributed by atoms with Crippen molar-refractivity contribution < 1.29 is 14.3 Å². The van der Waals surface area contributed by atoms with E-state index >= 15 is 0 Å². The summed E-state index contributed by atoms with van der Waals surface area (Å²) >= 11 is 0. The van der Waals surface area contributed by atoms with Crippen molar-refractivity contribution in [3.8, 4) is 11.8 Å². The van der Waals surface area contributed by atoms with E-state index in [0.717, 1.165) is 0 Å². The highest BCUT2D eigenvalue weighted by molar-refractivity contribution is 6.06. The van der Waals surface area contributed by atoms with Crippen molar-refractivity contribution in [2.45, 2.75) is 39.5 Å². The van der Waals surface area contributed by atoms with Gasteiger partial charge in [0, 0.05) is 5.71 Å². The lowest BCUT2D eigenvalue weighted by Gasteiger charge is -2.19. The maximum absolute atomic E-state index is 12.1. The van der Waals surface area contributed by atoms with E-state index < -0.39 is 5.91 Å². The molecule has 7 nitrogen and oxygen atoms in total. The molecule has 0 heterocycles. The number of hydrogen-bond acceptors (Lipinski definition) is 5. The third-order valence-electron chi connectivity index (χ3n) is 4.20. The highest BCUT2D eigenvalue weighted by Gasteiger charge is 2.13. The fourth-order valence-corrected chi connectivity index (χ4v) is 2.55. The number of benzene rings is 2. The molecule has 30 heavy (non-hydrogen) atoms. The first-order valence-corrected chi connectivity index (χ1v) is 9.53. The number of nitrogens with zero attached hydrogens (tertiary/aromatic N) is 2. The maximum Gasteiger partial charge on any atom is 0.277 e. The molecule has 2 rings (SSSR count). The van der Waals surface area contributed by atoms with E-state index in [4.69, 9.17) is 10.00 Å². The van der Waals surface area contributed by atoms with Crippen LogP contribution in [0.15, 0.2) is 53.6 Å². The lowest BCUT2D eigenvalue weighted by molar-refractivity contribution is -0.123. The number of ether oxygens (including phenoxy) is 1. The van der Waals surface area contributed by atoms with Gasteiger partial charge in [-0.05, 0) is 42.2 Å². The second-order valence-corrected chi connectivity index (χ2v) is 7.83. The second kappa shape index (κ2) is 10.2. The Morgan fingerprint density at radius 2 is 1.73 bits per heavy atom. The molecule has 2 N–H and O–H groups in total. The Labute approximate surface area is 176 Å². The first-order chi connectivity index (χ1) is 14.2. The minimum atomic E-state index is -0.426. The number of anilines is 1. The number of nitrogens with one attached hydrogen (secondary N) is 2. The number of para-hydroxylation sites is 1. The number of carbonyl (C=O) groups is 2. The van der Waals surface area contributed by atoms with E-state index in [-0.39, 0.29) is 24.3 Å². The molecule has 0 aliphatic carbocycles. The molecule has 0 aliphatic rings. The van der Waals surface area contributed by atoms with Crippen LogP contribution in [0, 0.1) is 11.3 Å². The van der Waals surface area contributed by atoms with Crippen molar-refractivity contribution in [1.82, 2.24) is 5.43 Å². The first-order valence-electron chi connectivity index (χ1n) is 9.53. The fraction of sp³-hybridized carbons (Fsp3) is 0.304. The highest BCUT2D eigenvalue weighted by atomic mass is 16.5. The largest absolute Gasteiger partial charge is 0.484 e. The molecule has 7 heteroatoms. The predicted molar refractivity (Wildman–Crippen MR) is 116 cm³/mol. The van der Waals surface area contributed by atoms with E-state index in [1.807, 2.05) is 30.3 Å². The fourth-order valence-electron chi connectivity index (χ4n) is 2.55. The molecule has 0 unspecified atom stereocenters. The molecule has 0 saturated heterocycles. The molecule has 2 amide bonds. The standard InChI is InChI=1S/C23H26N4O3/c1-16(13-21(28)25-20-8-6-5-7-17(20)14-24)26-27-22(29)15-30-19-11-9-18(10-12-19)23(2,3)4/h5-12H,13,15H2,1-4H3,(H,25,28)(H,27,29). The number of nitriles is 1. The molecule has 2 aromatic carbocycles. The van der Waals surface area contributed by atoms with E-state index in [9.17, 15) is 9.59 Å². The van der Waals surface area contributed by atoms with Gasteiger partial charge in [-0.3, -0.25) is 9.59 Å². The summed E-state index contributed by atoms with van der Waals surface area (Å²) in [6.07, 6.45) is -0.0187. The van der Waals surface area contributed by atoms with Crippen LogP contribution in [0.3, 0.4) is 0 Å². The molecule has 156 valence electrons. The molecule has 0 saturated carbocycles. The highest BCUT2D eigenvalue weighted by Crippen LogP contribution is 2.24. The van der Waals surface area contributed by atoms with Crippen LogP contribution in [-0.2, 0) is 15.0 Å². The van der Waals surface area contributed by atoms with Crippen LogP contribution in [0.1, 0.15) is 45.2 Å². The lowest BCUT2D eigenvalue weighted by Crippen LogP contribution is -2.26. The summed E-state index contributed by atoms with van der Waals surface area (Å²) in [6.45, 7) is 7.81. The van der Waals surface area contributed by atoms with Crippen LogP contribution in [0.4, 0.5) is 5.69 Å². The Morgan fingerprint density at radius 1 is 1.07 bits per heavy atom. The quantitative estimate of drug-likeness (QED) is 0.540. The molecule has 0 bridgehead atoms. The van der Waals surface area contributed by atoms with Crippen LogP contribution >= 0.6 is 0 Å². The topological polar surface area (TPSA) is 104 Å². The van der Waals surface area contributed by atoms with Crippen molar-refractivity contribution >= 4 is 23.2 Å². The summed E-state index contributed by atoms with van der Waals surface area (Å²) in [6, 6.07) is 16.3. The summed E-state index contributed by atoms with van der Waals surface area (Å²) in [5, 5.41) is 15.6. The van der Waals surface area contributed by atoms with Gasteiger partial charge in [0.1, 0.15) is 11.8 Å². The third kappa shape index (κ3) is 7.06. The minimum Gasteiger partial charge on any atom is -0.484 e. The molecule has 0 radical (unpaired) electrons. The number of amides is 2. The van der Waals surface area contributed by atoms with Crippen LogP contribution in [0.25, 0.3) is 0 Å². The Hall–Kier alpha value is -3.66. The van der Waals surface area contributed by atoms with E-state index in [2.05, 4.69) is 36.6 Å². The van der Waals surface area contributed by atoms with Gasteiger partial charge in [-0.15, -0.1) is 0 Å². The minimum absolute atomic E-state index is 0.0187. The monoisotopic (exact) mass is 406 g/mol. The van der Waals surface area contributed by atoms with Gasteiger partial charge in [0.2, 0.25) is 5.91 Å². The first kappa shape index (κ1) is 22.6. The van der Waals surface area contributed by atoms with Crippen molar-refractivity contribution in [2.75, 3.05) is 11.9 Å². The third-order valence-corrected chi connectivity index (χ3v) is 4.20. The molecule has 0 aliphatic heterocycles. The summed E-state index contributed by atoms with van der Waals surface area (Å²) in [5.74, 6) is -0.165. The van der Waals surface area contributed by atoms with E-state index in [0.29, 0.717) is 22.7 Å². The van der Waals surface area contributed by atoms with Crippen molar-refractivity contribution in [2.24, 2.45) is 5.10 Å². The average Bonchev–Trinajstić information content (AvgIpc) is 2.70. The van der Waals surface area contributed by atoms with Gasteiger partial charge in [0.15, 0.2) is 6.61 Å². The van der Waals surface area contributed by atoms with Crippen molar-refractivity contribution in [3.63, 3.8) is 0 Å². The Morgan fingerprint density at radius 3 is 2.37 bits per heavy atom. The van der Waals surface area contributed by atoms with Crippen LogP contribution in [0.2, 0.25) is 0 Å². The maximum atomic E-state index is 12.1. The zero-order valence-electron chi connectivity index (χ0n) is 17.7. The molecule has 0 atom stereocenters. The Bertz CT molecular complexity index is 967. The zero-order valence-corrected chi connectivity index (χ0v) is 17.7. The number of carbonyl (C=O) groups excluding carboxylic acids is 2. The lowest BCUT2D eigenvalue weighted by atomic mass is 9.87. The van der Waals surface area contributed by atoms with Crippen LogP contribution in [0.5, 0.6) is 5.75 Å². The molecular weight excluding hydrogens is 380 g/mol. The number of rotatable bonds is 7. The van der Waals surface area contributed by atoms with Crippen LogP contribution < -0.4 is 15.5 Å². The summed E-state index contributed by atoms with van der Waals surface area (Å²) in [7, 11) is 0. The van der Waals surface area contributed by atoms with Gasteiger partial charge in [0.25, 0.3) is 5.91 Å². The van der Waals surface area contributed by atoms with Crippen LogP contribution in [-0.4, -0.2) is 24.1 Å². The number of hydrazone groups is 1. The smallest absolute Gasteiger partial charge is 0.277 e. The summed E-state index contributed by atoms with van der Waals surface area (Å²) in [4.78, 5) is 24.0. The molecule has 0 spiro atoms. The van der Waals surface area contributed by atoms with E-state index in [1.165, 1.54) is 5.56 Å². The summed E-state index contributed by atoms with van der Waals surface area (Å²) < 4.78 is 5.46. The Kier molecular flexibility index (Phi) is 7.70. The van der Waals surface area contributed by atoms with Crippen molar-refractivity contribution in [1.29, 1.82) is 5.26 Å². The Balaban J connectivity index is 1.80. The zero-order chi connectivity index (χ0) is 22.1. The van der Waals surface area contributed by atoms with Gasteiger partial charge in [-0.25, -0.2) is 5.43 Å².